The number of rotatable bonds is 3. The maximum absolute atomic E-state index is 5.61. The molecule has 0 bridgehead atoms. The molecule has 1 heterocycles. The van der Waals surface area contributed by atoms with Crippen molar-refractivity contribution in [1.29, 1.82) is 0 Å². The highest BCUT2D eigenvalue weighted by Gasteiger charge is 2.25. The number of aryl methyl sites for hydroxylation is 1. The number of nitrogens with zero attached hydrogens (tertiary/aromatic N) is 1. The van der Waals surface area contributed by atoms with E-state index < -0.39 is 0 Å². The first-order chi connectivity index (χ1) is 8.52. The Bertz CT molecular complexity index is 494. The van der Waals surface area contributed by atoms with E-state index >= 15 is 0 Å². The molecule has 0 radical (unpaired) electrons. The molecule has 3 nitrogen and oxygen atoms in total. The van der Waals surface area contributed by atoms with Crippen molar-refractivity contribution in [3.63, 3.8) is 0 Å². The minimum Gasteiger partial charge on any atom is -0.496 e. The molecule has 0 aromatic carbocycles. The van der Waals surface area contributed by atoms with Crippen LogP contribution >= 0.6 is 0 Å². The van der Waals surface area contributed by atoms with Gasteiger partial charge in [0, 0.05) is 6.07 Å². The van der Waals surface area contributed by atoms with Crippen molar-refractivity contribution in [3.8, 4) is 0 Å². The number of hydrogen-bond acceptors (Lipinski definition) is 3. The third-order valence-corrected chi connectivity index (χ3v) is 3.32. The Kier molecular flexibility index (Phi) is 3.60. The summed E-state index contributed by atoms with van der Waals surface area (Å²) in [5, 5.41) is 3.96. The van der Waals surface area contributed by atoms with Crippen molar-refractivity contribution in [3.05, 3.63) is 34.9 Å². The molecule has 1 aliphatic rings. The number of allylic oxidation sites excluding steroid dienone is 3. The van der Waals surface area contributed by atoms with Crippen LogP contribution in [0.3, 0.4) is 0 Å². The van der Waals surface area contributed by atoms with E-state index in [1.54, 1.807) is 7.11 Å². The second kappa shape index (κ2) is 5.01. The van der Waals surface area contributed by atoms with E-state index in [1.807, 2.05) is 13.0 Å². The number of ether oxygens (including phenoxy) is 1. The van der Waals surface area contributed by atoms with E-state index in [-0.39, 0.29) is 0 Å². The maximum Gasteiger partial charge on any atom is 0.170 e. The highest BCUT2D eigenvalue weighted by Crippen LogP contribution is 2.38. The predicted octanol–water partition coefficient (Wildman–Crippen LogP) is 3.96. The molecule has 2 rings (SSSR count). The van der Waals surface area contributed by atoms with Crippen molar-refractivity contribution in [2.45, 2.75) is 34.1 Å². The van der Waals surface area contributed by atoms with E-state index in [1.165, 1.54) is 5.57 Å². The van der Waals surface area contributed by atoms with Gasteiger partial charge in [-0.1, -0.05) is 32.0 Å². The molecule has 1 aromatic rings. The van der Waals surface area contributed by atoms with Gasteiger partial charge in [-0.25, -0.2) is 0 Å². The van der Waals surface area contributed by atoms with Gasteiger partial charge in [0.15, 0.2) is 5.76 Å². The molecule has 98 valence electrons. The van der Waals surface area contributed by atoms with Gasteiger partial charge < -0.3 is 9.26 Å². The molecular formula is C15H21NO2. The average molecular weight is 247 g/mol. The number of methoxy groups -OCH3 is 1. The van der Waals surface area contributed by atoms with Gasteiger partial charge >= 0.3 is 0 Å². The highest BCUT2D eigenvalue weighted by molar-refractivity contribution is 5.76. The summed E-state index contributed by atoms with van der Waals surface area (Å²) >= 11 is 0. The lowest BCUT2D eigenvalue weighted by Gasteiger charge is -2.25. The summed E-state index contributed by atoms with van der Waals surface area (Å²) in [6, 6.07) is 1.96. The van der Waals surface area contributed by atoms with E-state index in [2.05, 4.69) is 32.0 Å². The predicted molar refractivity (Wildman–Crippen MR) is 71.9 cm³/mol. The molecule has 0 aliphatic heterocycles. The minimum atomic E-state index is 0.482. The lowest BCUT2D eigenvalue weighted by Crippen LogP contribution is -2.12. The normalized spacial score (nSPS) is 20.3. The van der Waals surface area contributed by atoms with Crippen LogP contribution < -0.4 is 0 Å². The summed E-state index contributed by atoms with van der Waals surface area (Å²) in [5.41, 5.74) is 3.29. The van der Waals surface area contributed by atoms with Crippen molar-refractivity contribution < 1.29 is 9.26 Å². The third-order valence-electron chi connectivity index (χ3n) is 3.32. The van der Waals surface area contributed by atoms with Crippen LogP contribution in [-0.2, 0) is 4.74 Å². The molecule has 0 amide bonds. The van der Waals surface area contributed by atoms with Crippen LogP contribution in [0.25, 0.3) is 5.57 Å². The monoisotopic (exact) mass is 247 g/mol. The summed E-state index contributed by atoms with van der Waals surface area (Å²) in [7, 11) is 1.73. The van der Waals surface area contributed by atoms with Gasteiger partial charge in [0.1, 0.15) is 5.76 Å². The minimum absolute atomic E-state index is 0.482. The fourth-order valence-corrected chi connectivity index (χ4v) is 2.46. The van der Waals surface area contributed by atoms with Crippen LogP contribution in [0.5, 0.6) is 0 Å². The summed E-state index contributed by atoms with van der Waals surface area (Å²) in [5.74, 6) is 2.74. The zero-order valence-corrected chi connectivity index (χ0v) is 11.8. The SMILES string of the molecule is COC1=C(C(C)C)CC(C)C=C1c1cc(C)no1. The van der Waals surface area contributed by atoms with Crippen LogP contribution in [0.2, 0.25) is 0 Å². The maximum atomic E-state index is 5.61. The molecule has 1 aromatic heterocycles. The standard InChI is InChI=1S/C15H21NO2/c1-9(2)12-6-10(3)7-13(15(12)17-5)14-8-11(4)16-18-14/h7-10H,6H2,1-5H3. The van der Waals surface area contributed by atoms with E-state index in [4.69, 9.17) is 9.26 Å². The van der Waals surface area contributed by atoms with Gasteiger partial charge in [-0.3, -0.25) is 0 Å². The average Bonchev–Trinajstić information content (AvgIpc) is 2.74. The van der Waals surface area contributed by atoms with Gasteiger partial charge in [-0.15, -0.1) is 0 Å². The largest absolute Gasteiger partial charge is 0.496 e. The summed E-state index contributed by atoms with van der Waals surface area (Å²) in [4.78, 5) is 0. The number of hydrogen-bond donors (Lipinski definition) is 0. The van der Waals surface area contributed by atoms with Crippen LogP contribution in [-0.4, -0.2) is 12.3 Å². The topological polar surface area (TPSA) is 35.3 Å². The van der Waals surface area contributed by atoms with Gasteiger partial charge in [0.25, 0.3) is 0 Å². The van der Waals surface area contributed by atoms with Gasteiger partial charge in [0.05, 0.1) is 18.4 Å². The Balaban J connectivity index is 2.49. The van der Waals surface area contributed by atoms with E-state index in [0.717, 1.165) is 29.2 Å². The zero-order chi connectivity index (χ0) is 13.3. The van der Waals surface area contributed by atoms with Crippen molar-refractivity contribution in [2.24, 2.45) is 11.8 Å². The fourth-order valence-electron chi connectivity index (χ4n) is 2.46. The first-order valence-corrected chi connectivity index (χ1v) is 6.45. The van der Waals surface area contributed by atoms with E-state index in [9.17, 15) is 0 Å². The molecule has 0 fully saturated rings. The molecule has 0 saturated heterocycles. The second-order valence-corrected chi connectivity index (χ2v) is 5.31. The van der Waals surface area contributed by atoms with Crippen LogP contribution in [0.1, 0.15) is 38.6 Å². The van der Waals surface area contributed by atoms with E-state index in [0.29, 0.717) is 11.8 Å². The second-order valence-electron chi connectivity index (χ2n) is 5.31. The Hall–Kier alpha value is -1.51. The Morgan fingerprint density at radius 3 is 2.67 bits per heavy atom. The molecule has 1 unspecified atom stereocenters. The summed E-state index contributed by atoms with van der Waals surface area (Å²) in [6.45, 7) is 8.56. The van der Waals surface area contributed by atoms with Crippen molar-refractivity contribution in [1.82, 2.24) is 5.16 Å². The Morgan fingerprint density at radius 2 is 2.17 bits per heavy atom. The first-order valence-electron chi connectivity index (χ1n) is 6.45. The van der Waals surface area contributed by atoms with Crippen molar-refractivity contribution in [2.75, 3.05) is 7.11 Å². The molecule has 0 saturated carbocycles. The third kappa shape index (κ3) is 2.35. The molecule has 3 heteroatoms. The smallest absolute Gasteiger partial charge is 0.170 e. The molecule has 1 atom stereocenters. The zero-order valence-electron chi connectivity index (χ0n) is 11.8. The van der Waals surface area contributed by atoms with Crippen LogP contribution in [0.4, 0.5) is 0 Å². The van der Waals surface area contributed by atoms with Gasteiger partial charge in [0.2, 0.25) is 0 Å². The number of aromatic nitrogens is 1. The fraction of sp³-hybridized carbons (Fsp3) is 0.533. The molecule has 0 spiro atoms. The lowest BCUT2D eigenvalue weighted by atomic mass is 9.84. The van der Waals surface area contributed by atoms with Crippen LogP contribution in [0.15, 0.2) is 28.0 Å². The van der Waals surface area contributed by atoms with Gasteiger partial charge in [-0.2, -0.15) is 0 Å². The van der Waals surface area contributed by atoms with Crippen LogP contribution in [0, 0.1) is 18.8 Å². The molecular weight excluding hydrogens is 226 g/mol. The summed E-state index contributed by atoms with van der Waals surface area (Å²) in [6.07, 6.45) is 3.27. The highest BCUT2D eigenvalue weighted by atomic mass is 16.5. The molecule has 18 heavy (non-hydrogen) atoms. The first kappa shape index (κ1) is 12.9. The van der Waals surface area contributed by atoms with Gasteiger partial charge in [-0.05, 0) is 30.8 Å². The molecule has 1 aliphatic carbocycles. The lowest BCUT2D eigenvalue weighted by molar-refractivity contribution is 0.292. The Labute approximate surface area is 109 Å². The quantitative estimate of drug-likeness (QED) is 0.811. The summed E-state index contributed by atoms with van der Waals surface area (Å²) < 4.78 is 11.0. The Morgan fingerprint density at radius 1 is 1.44 bits per heavy atom. The van der Waals surface area contributed by atoms with Crippen molar-refractivity contribution >= 4 is 5.57 Å². The molecule has 0 N–H and O–H groups in total.